The molecule has 1 aliphatic carbocycles. The van der Waals surface area contributed by atoms with Gasteiger partial charge in [-0.15, -0.1) is 0 Å². The molecule has 102 valence electrons. The van der Waals surface area contributed by atoms with E-state index in [0.29, 0.717) is 11.7 Å². The van der Waals surface area contributed by atoms with Crippen molar-refractivity contribution in [1.29, 1.82) is 0 Å². The van der Waals surface area contributed by atoms with Gasteiger partial charge in [0, 0.05) is 12.5 Å². The number of nitrogens with zero attached hydrogens (tertiary/aromatic N) is 3. The summed E-state index contributed by atoms with van der Waals surface area (Å²) in [6, 6.07) is -0.159. The van der Waals surface area contributed by atoms with E-state index in [0.717, 1.165) is 31.4 Å². The maximum Gasteiger partial charge on any atom is 0.229 e. The van der Waals surface area contributed by atoms with Gasteiger partial charge in [0.1, 0.15) is 0 Å². The minimum atomic E-state index is -0.159. The lowest BCUT2D eigenvalue weighted by Crippen LogP contribution is -2.32. The van der Waals surface area contributed by atoms with Gasteiger partial charge in [-0.2, -0.15) is 4.98 Å². The van der Waals surface area contributed by atoms with Gasteiger partial charge in [-0.05, 0) is 31.8 Å². The molecule has 1 heterocycles. The summed E-state index contributed by atoms with van der Waals surface area (Å²) in [4.78, 5) is 6.73. The summed E-state index contributed by atoms with van der Waals surface area (Å²) in [6.07, 6.45) is 2.56. The molecule has 0 spiro atoms. The summed E-state index contributed by atoms with van der Waals surface area (Å²) in [6.45, 7) is 9.19. The van der Waals surface area contributed by atoms with Gasteiger partial charge >= 0.3 is 0 Å². The van der Waals surface area contributed by atoms with Crippen LogP contribution in [0.2, 0.25) is 0 Å². The third-order valence-electron chi connectivity index (χ3n) is 3.86. The highest BCUT2D eigenvalue weighted by Crippen LogP contribution is 2.41. The van der Waals surface area contributed by atoms with Crippen LogP contribution in [0.1, 0.15) is 57.3 Å². The largest absolute Gasteiger partial charge is 0.339 e. The zero-order valence-electron chi connectivity index (χ0n) is 11.6. The Kier molecular flexibility index (Phi) is 4.35. The maximum atomic E-state index is 6.13. The van der Waals surface area contributed by atoms with Crippen LogP contribution >= 0.6 is 0 Å². The molecule has 2 unspecified atom stereocenters. The molecule has 1 aliphatic rings. The molecule has 0 aliphatic heterocycles. The Bertz CT molecular complexity index is 371. The highest BCUT2D eigenvalue weighted by molar-refractivity contribution is 5.01. The molecule has 2 atom stereocenters. The van der Waals surface area contributed by atoms with Crippen LogP contribution in [-0.4, -0.2) is 34.7 Å². The van der Waals surface area contributed by atoms with Crippen LogP contribution in [0.5, 0.6) is 0 Å². The molecule has 5 nitrogen and oxygen atoms in total. The zero-order valence-corrected chi connectivity index (χ0v) is 11.6. The summed E-state index contributed by atoms with van der Waals surface area (Å²) in [5.41, 5.74) is 6.13. The predicted molar refractivity (Wildman–Crippen MR) is 70.2 cm³/mol. The lowest BCUT2D eigenvalue weighted by molar-refractivity contribution is 0.276. The topological polar surface area (TPSA) is 68.2 Å². The van der Waals surface area contributed by atoms with E-state index in [1.54, 1.807) is 0 Å². The Morgan fingerprint density at radius 3 is 2.61 bits per heavy atom. The highest BCUT2D eigenvalue weighted by atomic mass is 16.5. The molecular formula is C13H24N4O. The van der Waals surface area contributed by atoms with Crippen LogP contribution in [0.25, 0.3) is 0 Å². The van der Waals surface area contributed by atoms with Crippen LogP contribution in [-0.2, 0) is 0 Å². The molecule has 5 heteroatoms. The molecule has 0 saturated heterocycles. The van der Waals surface area contributed by atoms with E-state index in [-0.39, 0.29) is 6.04 Å². The fraction of sp³-hybridized carbons (Fsp3) is 0.846. The molecule has 2 rings (SSSR count). The Morgan fingerprint density at radius 2 is 2.06 bits per heavy atom. The summed E-state index contributed by atoms with van der Waals surface area (Å²) in [5.74, 6) is 2.51. The molecule has 0 bridgehead atoms. The van der Waals surface area contributed by atoms with Gasteiger partial charge in [0.05, 0.1) is 6.04 Å². The van der Waals surface area contributed by atoms with E-state index >= 15 is 0 Å². The molecule has 1 aromatic rings. The fourth-order valence-electron chi connectivity index (χ4n) is 2.22. The minimum absolute atomic E-state index is 0.159. The number of likely N-dealkylation sites (N-methyl/N-ethyl adjacent to an activating group) is 1. The van der Waals surface area contributed by atoms with Crippen LogP contribution < -0.4 is 5.73 Å². The van der Waals surface area contributed by atoms with Crippen molar-refractivity contribution in [2.75, 3.05) is 19.6 Å². The number of rotatable bonds is 7. The average molecular weight is 252 g/mol. The van der Waals surface area contributed by atoms with Crippen LogP contribution in [0.4, 0.5) is 0 Å². The van der Waals surface area contributed by atoms with E-state index < -0.39 is 0 Å². The molecule has 0 amide bonds. The normalized spacial score (nSPS) is 19.2. The second-order valence-electron chi connectivity index (χ2n) is 5.21. The monoisotopic (exact) mass is 252 g/mol. The van der Waals surface area contributed by atoms with E-state index in [2.05, 4.69) is 35.8 Å². The van der Waals surface area contributed by atoms with Crippen molar-refractivity contribution in [3.63, 3.8) is 0 Å². The molecular weight excluding hydrogens is 228 g/mol. The first-order valence-electron chi connectivity index (χ1n) is 6.97. The van der Waals surface area contributed by atoms with Crippen molar-refractivity contribution in [3.05, 3.63) is 11.7 Å². The zero-order chi connectivity index (χ0) is 13.1. The summed E-state index contributed by atoms with van der Waals surface area (Å²) in [7, 11) is 0. The van der Waals surface area contributed by atoms with Crippen molar-refractivity contribution in [1.82, 2.24) is 15.0 Å². The fourth-order valence-corrected chi connectivity index (χ4v) is 2.22. The van der Waals surface area contributed by atoms with Crippen LogP contribution in [0.15, 0.2) is 4.52 Å². The molecule has 1 aromatic heterocycles. The van der Waals surface area contributed by atoms with E-state index in [9.17, 15) is 0 Å². The number of hydrogen-bond acceptors (Lipinski definition) is 5. The minimum Gasteiger partial charge on any atom is -0.339 e. The van der Waals surface area contributed by atoms with Crippen LogP contribution in [0, 0.1) is 5.92 Å². The van der Waals surface area contributed by atoms with Gasteiger partial charge in [0.15, 0.2) is 5.82 Å². The Balaban J connectivity index is 1.95. The van der Waals surface area contributed by atoms with Gasteiger partial charge in [0.2, 0.25) is 5.89 Å². The van der Waals surface area contributed by atoms with Gasteiger partial charge in [-0.1, -0.05) is 25.9 Å². The standard InChI is InChI=1S/C13H24N4O/c1-4-17(5-2)8-11(14)12-15-13(18-16-12)9(3)10-6-7-10/h9-11H,4-8,14H2,1-3H3. The Labute approximate surface area is 109 Å². The van der Waals surface area contributed by atoms with Crippen molar-refractivity contribution in [2.24, 2.45) is 11.7 Å². The van der Waals surface area contributed by atoms with Crippen molar-refractivity contribution < 1.29 is 4.52 Å². The molecule has 0 radical (unpaired) electrons. The second kappa shape index (κ2) is 5.80. The summed E-state index contributed by atoms with van der Waals surface area (Å²) < 4.78 is 5.34. The molecule has 18 heavy (non-hydrogen) atoms. The summed E-state index contributed by atoms with van der Waals surface area (Å²) >= 11 is 0. The van der Waals surface area contributed by atoms with E-state index in [1.165, 1.54) is 12.8 Å². The average Bonchev–Trinajstić information content (AvgIpc) is 3.11. The third-order valence-corrected chi connectivity index (χ3v) is 3.86. The first-order valence-corrected chi connectivity index (χ1v) is 6.97. The van der Waals surface area contributed by atoms with E-state index in [4.69, 9.17) is 10.3 Å². The van der Waals surface area contributed by atoms with Crippen molar-refractivity contribution in [3.8, 4) is 0 Å². The smallest absolute Gasteiger partial charge is 0.229 e. The van der Waals surface area contributed by atoms with Crippen molar-refractivity contribution >= 4 is 0 Å². The van der Waals surface area contributed by atoms with E-state index in [1.807, 2.05) is 0 Å². The lowest BCUT2D eigenvalue weighted by Gasteiger charge is -2.20. The lowest BCUT2D eigenvalue weighted by atomic mass is 10.1. The third kappa shape index (κ3) is 3.09. The van der Waals surface area contributed by atoms with Gasteiger partial charge < -0.3 is 15.2 Å². The summed E-state index contributed by atoms with van der Waals surface area (Å²) in [5, 5.41) is 4.03. The van der Waals surface area contributed by atoms with Crippen molar-refractivity contribution in [2.45, 2.75) is 45.6 Å². The van der Waals surface area contributed by atoms with Gasteiger partial charge in [0.25, 0.3) is 0 Å². The molecule has 1 fully saturated rings. The quantitative estimate of drug-likeness (QED) is 0.803. The molecule has 2 N–H and O–H groups in total. The first-order chi connectivity index (χ1) is 8.65. The number of aromatic nitrogens is 2. The van der Waals surface area contributed by atoms with Gasteiger partial charge in [-0.25, -0.2) is 0 Å². The van der Waals surface area contributed by atoms with Crippen LogP contribution in [0.3, 0.4) is 0 Å². The second-order valence-corrected chi connectivity index (χ2v) is 5.21. The maximum absolute atomic E-state index is 6.13. The predicted octanol–water partition coefficient (Wildman–Crippen LogP) is 1.92. The molecule has 1 saturated carbocycles. The Hall–Kier alpha value is -0.940. The number of nitrogens with two attached hydrogens (primary N) is 1. The Morgan fingerprint density at radius 1 is 1.39 bits per heavy atom. The van der Waals surface area contributed by atoms with Gasteiger partial charge in [-0.3, -0.25) is 0 Å². The SMILES string of the molecule is CCN(CC)CC(N)c1noc(C(C)C2CC2)n1. The number of hydrogen-bond donors (Lipinski definition) is 1. The highest BCUT2D eigenvalue weighted by Gasteiger charge is 2.33. The molecule has 0 aromatic carbocycles. The first kappa shape index (κ1) is 13.5.